The molecule has 0 amide bonds. The summed E-state index contributed by atoms with van der Waals surface area (Å²) in [4.78, 5) is 10.9. The van der Waals surface area contributed by atoms with Crippen LogP contribution in [0.5, 0.6) is 5.75 Å². The van der Waals surface area contributed by atoms with Crippen LogP contribution in [0, 0.1) is 11.8 Å². The van der Waals surface area contributed by atoms with Crippen molar-refractivity contribution >= 4 is 17.9 Å². The van der Waals surface area contributed by atoms with Crippen LogP contribution in [-0.4, -0.2) is 12.9 Å². The first-order chi connectivity index (χ1) is 8.72. The van der Waals surface area contributed by atoms with Crippen LogP contribution in [0.4, 0.5) is 0 Å². The van der Waals surface area contributed by atoms with Crippen LogP contribution < -0.4 is 4.74 Å². The first kappa shape index (κ1) is 13.2. The minimum absolute atomic E-state index is 0.491. The van der Waals surface area contributed by atoms with Crippen LogP contribution in [0.1, 0.15) is 30.1 Å². The standard InChI is InChI=1S/C15H17ClO2/c1-11-5-2-3-6-13(11)10-18-15-12(9-17)7-4-8-14(15)16/h2-4,7-9,11,13H,5-6,10H2,1H3. The van der Waals surface area contributed by atoms with Crippen molar-refractivity contribution in [2.45, 2.75) is 19.8 Å². The normalized spacial score (nSPS) is 22.8. The molecule has 0 bridgehead atoms. The van der Waals surface area contributed by atoms with E-state index in [4.69, 9.17) is 16.3 Å². The van der Waals surface area contributed by atoms with E-state index in [2.05, 4.69) is 19.1 Å². The molecular formula is C15H17ClO2. The third-order valence-electron chi connectivity index (χ3n) is 3.48. The molecule has 2 atom stereocenters. The van der Waals surface area contributed by atoms with Gasteiger partial charge < -0.3 is 4.74 Å². The summed E-state index contributed by atoms with van der Waals surface area (Å²) in [7, 11) is 0. The average molecular weight is 265 g/mol. The Morgan fingerprint density at radius 1 is 1.39 bits per heavy atom. The summed E-state index contributed by atoms with van der Waals surface area (Å²) in [5, 5.41) is 0.499. The van der Waals surface area contributed by atoms with Crippen molar-refractivity contribution in [3.8, 4) is 5.75 Å². The van der Waals surface area contributed by atoms with Crippen molar-refractivity contribution in [3.63, 3.8) is 0 Å². The lowest BCUT2D eigenvalue weighted by Crippen LogP contribution is -2.21. The number of carbonyl (C=O) groups excluding carboxylic acids is 1. The quantitative estimate of drug-likeness (QED) is 0.604. The van der Waals surface area contributed by atoms with E-state index in [0.29, 0.717) is 34.8 Å². The summed E-state index contributed by atoms with van der Waals surface area (Å²) < 4.78 is 5.77. The number of allylic oxidation sites excluding steroid dienone is 2. The second kappa shape index (κ2) is 6.05. The fourth-order valence-electron chi connectivity index (χ4n) is 2.20. The van der Waals surface area contributed by atoms with Gasteiger partial charge in [-0.3, -0.25) is 4.79 Å². The maximum Gasteiger partial charge on any atom is 0.153 e. The Morgan fingerprint density at radius 2 is 2.17 bits per heavy atom. The van der Waals surface area contributed by atoms with Gasteiger partial charge in [0.2, 0.25) is 0 Å². The van der Waals surface area contributed by atoms with Gasteiger partial charge in [-0.15, -0.1) is 0 Å². The Kier molecular flexibility index (Phi) is 4.43. The summed E-state index contributed by atoms with van der Waals surface area (Å²) in [5.74, 6) is 1.61. The molecule has 2 unspecified atom stereocenters. The summed E-state index contributed by atoms with van der Waals surface area (Å²) in [6.07, 6.45) is 7.32. The lowest BCUT2D eigenvalue weighted by atomic mass is 9.85. The molecule has 0 aromatic heterocycles. The van der Waals surface area contributed by atoms with Gasteiger partial charge in [0.05, 0.1) is 17.2 Å². The Balaban J connectivity index is 2.06. The maximum absolute atomic E-state index is 10.9. The predicted octanol–water partition coefficient (Wildman–Crippen LogP) is 4.13. The van der Waals surface area contributed by atoms with E-state index in [0.717, 1.165) is 19.1 Å². The van der Waals surface area contributed by atoms with Gasteiger partial charge in [0, 0.05) is 0 Å². The first-order valence-electron chi connectivity index (χ1n) is 6.24. The van der Waals surface area contributed by atoms with Crippen LogP contribution >= 0.6 is 11.6 Å². The van der Waals surface area contributed by atoms with Gasteiger partial charge >= 0.3 is 0 Å². The molecule has 2 nitrogen and oxygen atoms in total. The molecular weight excluding hydrogens is 248 g/mol. The Hall–Kier alpha value is -1.28. The summed E-state index contributed by atoms with van der Waals surface area (Å²) >= 11 is 6.06. The molecule has 1 aliphatic rings. The monoisotopic (exact) mass is 264 g/mol. The van der Waals surface area contributed by atoms with E-state index >= 15 is 0 Å². The zero-order valence-corrected chi connectivity index (χ0v) is 11.2. The molecule has 0 N–H and O–H groups in total. The lowest BCUT2D eigenvalue weighted by Gasteiger charge is -2.25. The number of para-hydroxylation sites is 1. The number of hydrogen-bond donors (Lipinski definition) is 0. The molecule has 0 radical (unpaired) electrons. The summed E-state index contributed by atoms with van der Waals surface area (Å²) in [6.45, 7) is 2.83. The van der Waals surface area contributed by atoms with E-state index in [1.54, 1.807) is 18.2 Å². The van der Waals surface area contributed by atoms with E-state index in [9.17, 15) is 4.79 Å². The zero-order chi connectivity index (χ0) is 13.0. The number of rotatable bonds is 4. The SMILES string of the molecule is CC1CC=CCC1COc1c(Cl)cccc1C=O. The van der Waals surface area contributed by atoms with Gasteiger partial charge in [0.15, 0.2) is 6.29 Å². The largest absolute Gasteiger partial charge is 0.491 e. The van der Waals surface area contributed by atoms with Crippen LogP contribution in [-0.2, 0) is 0 Å². The molecule has 1 aromatic carbocycles. The highest BCUT2D eigenvalue weighted by atomic mass is 35.5. The molecule has 0 saturated heterocycles. The highest BCUT2D eigenvalue weighted by Crippen LogP contribution is 2.30. The van der Waals surface area contributed by atoms with Crippen molar-refractivity contribution in [3.05, 3.63) is 40.9 Å². The Bertz CT molecular complexity index is 454. The van der Waals surface area contributed by atoms with Crippen molar-refractivity contribution in [1.82, 2.24) is 0 Å². The van der Waals surface area contributed by atoms with Crippen molar-refractivity contribution < 1.29 is 9.53 Å². The molecule has 0 heterocycles. The second-order valence-electron chi connectivity index (χ2n) is 4.77. The molecule has 18 heavy (non-hydrogen) atoms. The van der Waals surface area contributed by atoms with Crippen LogP contribution in [0.15, 0.2) is 30.4 Å². The minimum atomic E-state index is 0.491. The average Bonchev–Trinajstić information content (AvgIpc) is 2.39. The smallest absolute Gasteiger partial charge is 0.153 e. The highest BCUT2D eigenvalue weighted by molar-refractivity contribution is 6.32. The van der Waals surface area contributed by atoms with Gasteiger partial charge in [0.25, 0.3) is 0 Å². The minimum Gasteiger partial charge on any atom is -0.491 e. The Labute approximate surface area is 113 Å². The van der Waals surface area contributed by atoms with E-state index in [-0.39, 0.29) is 0 Å². The number of hydrogen-bond acceptors (Lipinski definition) is 2. The fraction of sp³-hybridized carbons (Fsp3) is 0.400. The van der Waals surface area contributed by atoms with Crippen molar-refractivity contribution in [1.29, 1.82) is 0 Å². The predicted molar refractivity (Wildman–Crippen MR) is 73.4 cm³/mol. The topological polar surface area (TPSA) is 26.3 Å². The molecule has 3 heteroatoms. The molecule has 0 aliphatic heterocycles. The number of halogens is 1. The number of ether oxygens (including phenoxy) is 1. The van der Waals surface area contributed by atoms with Gasteiger partial charge in [-0.1, -0.05) is 36.7 Å². The molecule has 96 valence electrons. The molecule has 2 rings (SSSR count). The van der Waals surface area contributed by atoms with Gasteiger partial charge in [-0.05, 0) is 36.8 Å². The summed E-state index contributed by atoms with van der Waals surface area (Å²) in [6, 6.07) is 5.22. The highest BCUT2D eigenvalue weighted by Gasteiger charge is 2.20. The fourth-order valence-corrected chi connectivity index (χ4v) is 2.44. The van der Waals surface area contributed by atoms with Crippen LogP contribution in [0.2, 0.25) is 5.02 Å². The van der Waals surface area contributed by atoms with Gasteiger partial charge in [-0.25, -0.2) is 0 Å². The maximum atomic E-state index is 10.9. The van der Waals surface area contributed by atoms with E-state index in [1.807, 2.05) is 0 Å². The third kappa shape index (κ3) is 2.94. The van der Waals surface area contributed by atoms with Crippen LogP contribution in [0.3, 0.4) is 0 Å². The third-order valence-corrected chi connectivity index (χ3v) is 3.78. The molecule has 1 aromatic rings. The van der Waals surface area contributed by atoms with Crippen LogP contribution in [0.25, 0.3) is 0 Å². The van der Waals surface area contributed by atoms with Crippen molar-refractivity contribution in [2.24, 2.45) is 11.8 Å². The Morgan fingerprint density at radius 3 is 2.89 bits per heavy atom. The molecule has 0 spiro atoms. The van der Waals surface area contributed by atoms with Gasteiger partial charge in [-0.2, -0.15) is 0 Å². The molecule has 0 fully saturated rings. The van der Waals surface area contributed by atoms with E-state index < -0.39 is 0 Å². The molecule has 1 aliphatic carbocycles. The second-order valence-corrected chi connectivity index (χ2v) is 5.17. The molecule has 0 saturated carbocycles. The summed E-state index contributed by atoms with van der Waals surface area (Å²) in [5.41, 5.74) is 0.515. The number of benzene rings is 1. The van der Waals surface area contributed by atoms with Crippen molar-refractivity contribution in [2.75, 3.05) is 6.61 Å². The lowest BCUT2D eigenvalue weighted by molar-refractivity contribution is 0.111. The number of aldehydes is 1. The van der Waals surface area contributed by atoms with Gasteiger partial charge in [0.1, 0.15) is 5.75 Å². The number of carbonyl (C=O) groups is 1. The first-order valence-corrected chi connectivity index (χ1v) is 6.61. The van der Waals surface area contributed by atoms with E-state index in [1.165, 1.54) is 0 Å². The zero-order valence-electron chi connectivity index (χ0n) is 10.4.